The molecule has 1 aromatic heterocycles. The Kier molecular flexibility index (Phi) is 5.08. The van der Waals surface area contributed by atoms with Crippen LogP contribution in [0.15, 0.2) is 12.4 Å². The summed E-state index contributed by atoms with van der Waals surface area (Å²) in [6, 6.07) is 1.64. The van der Waals surface area contributed by atoms with Crippen LogP contribution in [0.2, 0.25) is 0 Å². The van der Waals surface area contributed by atoms with Crippen LogP contribution in [0, 0.1) is 5.92 Å². The maximum Gasteiger partial charge on any atom is 0.0755 e. The van der Waals surface area contributed by atoms with Gasteiger partial charge in [-0.05, 0) is 46.1 Å². The van der Waals surface area contributed by atoms with Crippen LogP contribution < -0.4 is 10.2 Å². The van der Waals surface area contributed by atoms with Crippen LogP contribution in [-0.2, 0) is 0 Å². The highest BCUT2D eigenvalue weighted by atomic mass is 15.3. The first-order valence-corrected chi connectivity index (χ1v) is 8.08. The third-order valence-electron chi connectivity index (χ3n) is 4.67. The normalized spacial score (nSPS) is 27.3. The van der Waals surface area contributed by atoms with E-state index in [1.807, 2.05) is 10.9 Å². The maximum absolute atomic E-state index is 4.48. The topological polar surface area (TPSA) is 33.1 Å². The van der Waals surface area contributed by atoms with E-state index in [0.717, 1.165) is 13.1 Å². The molecular weight excluding hydrogens is 248 g/mol. The quantitative estimate of drug-likeness (QED) is 0.898. The monoisotopic (exact) mass is 278 g/mol. The molecule has 1 aliphatic rings. The molecule has 1 aromatic rings. The van der Waals surface area contributed by atoms with Crippen LogP contribution in [0.5, 0.6) is 0 Å². The zero-order chi connectivity index (χ0) is 14.7. The minimum atomic E-state index is 0.431. The summed E-state index contributed by atoms with van der Waals surface area (Å²) in [6.45, 7) is 13.5. The standard InChI is InChI=1S/C16H30N4/c1-6-8-17-16-7-9-19(14(5)13(16)4)15-10-18-20(11-15)12(2)3/h10-14,16-17H,6-9H2,1-5H3. The van der Waals surface area contributed by atoms with Crippen molar-refractivity contribution in [3.8, 4) is 0 Å². The first-order valence-electron chi connectivity index (χ1n) is 8.08. The largest absolute Gasteiger partial charge is 0.366 e. The van der Waals surface area contributed by atoms with Gasteiger partial charge in [0.15, 0.2) is 0 Å². The molecule has 0 bridgehead atoms. The molecule has 0 aliphatic carbocycles. The summed E-state index contributed by atoms with van der Waals surface area (Å²) < 4.78 is 2.05. The van der Waals surface area contributed by atoms with Crippen molar-refractivity contribution >= 4 is 5.69 Å². The molecule has 0 amide bonds. The highest BCUT2D eigenvalue weighted by molar-refractivity contribution is 5.44. The van der Waals surface area contributed by atoms with Gasteiger partial charge in [0.05, 0.1) is 11.9 Å². The van der Waals surface area contributed by atoms with E-state index in [4.69, 9.17) is 0 Å². The number of anilines is 1. The third-order valence-corrected chi connectivity index (χ3v) is 4.67. The number of hydrogen-bond donors (Lipinski definition) is 1. The van der Waals surface area contributed by atoms with Crippen molar-refractivity contribution in [3.63, 3.8) is 0 Å². The lowest BCUT2D eigenvalue weighted by molar-refractivity contribution is 0.271. The number of nitrogens with one attached hydrogen (secondary N) is 1. The van der Waals surface area contributed by atoms with E-state index < -0.39 is 0 Å². The highest BCUT2D eigenvalue weighted by Gasteiger charge is 2.32. The van der Waals surface area contributed by atoms with E-state index in [1.165, 1.54) is 18.5 Å². The van der Waals surface area contributed by atoms with Crippen molar-refractivity contribution in [2.45, 2.75) is 65.6 Å². The summed E-state index contributed by atoms with van der Waals surface area (Å²) in [6.07, 6.45) is 6.64. The van der Waals surface area contributed by atoms with Crippen LogP contribution in [0.1, 0.15) is 53.5 Å². The van der Waals surface area contributed by atoms with Gasteiger partial charge in [-0.2, -0.15) is 5.10 Å². The fourth-order valence-electron chi connectivity index (χ4n) is 3.11. The van der Waals surface area contributed by atoms with Gasteiger partial charge in [0.2, 0.25) is 0 Å². The summed E-state index contributed by atoms with van der Waals surface area (Å²) in [5.41, 5.74) is 1.27. The van der Waals surface area contributed by atoms with Crippen molar-refractivity contribution in [3.05, 3.63) is 12.4 Å². The Labute approximate surface area is 123 Å². The Hall–Kier alpha value is -1.03. The number of piperidine rings is 1. The SMILES string of the molecule is CCCNC1CCN(c2cnn(C(C)C)c2)C(C)C1C. The van der Waals surface area contributed by atoms with Crippen LogP contribution in [0.4, 0.5) is 5.69 Å². The second-order valence-electron chi connectivity index (χ2n) is 6.41. The molecule has 2 rings (SSSR count). The molecular formula is C16H30N4. The van der Waals surface area contributed by atoms with Crippen molar-refractivity contribution in [2.24, 2.45) is 5.92 Å². The van der Waals surface area contributed by atoms with Crippen LogP contribution in [0.25, 0.3) is 0 Å². The fourth-order valence-corrected chi connectivity index (χ4v) is 3.11. The van der Waals surface area contributed by atoms with Gasteiger partial charge in [-0.15, -0.1) is 0 Å². The molecule has 3 unspecified atom stereocenters. The van der Waals surface area contributed by atoms with E-state index in [-0.39, 0.29) is 0 Å². The predicted octanol–water partition coefficient (Wildman–Crippen LogP) is 3.07. The summed E-state index contributed by atoms with van der Waals surface area (Å²) in [5.74, 6) is 0.665. The van der Waals surface area contributed by atoms with Gasteiger partial charge in [-0.3, -0.25) is 4.68 Å². The lowest BCUT2D eigenvalue weighted by atomic mass is 9.86. The van der Waals surface area contributed by atoms with Crippen molar-refractivity contribution in [2.75, 3.05) is 18.0 Å². The molecule has 20 heavy (non-hydrogen) atoms. The van der Waals surface area contributed by atoms with E-state index in [0.29, 0.717) is 24.0 Å². The number of rotatable bonds is 5. The first kappa shape index (κ1) is 15.4. The van der Waals surface area contributed by atoms with Crippen LogP contribution >= 0.6 is 0 Å². The van der Waals surface area contributed by atoms with Gasteiger partial charge in [0, 0.05) is 30.9 Å². The zero-order valence-corrected chi connectivity index (χ0v) is 13.6. The number of hydrogen-bond acceptors (Lipinski definition) is 3. The average molecular weight is 278 g/mol. The van der Waals surface area contributed by atoms with E-state index in [2.05, 4.69) is 56.1 Å². The number of nitrogens with zero attached hydrogens (tertiary/aromatic N) is 3. The van der Waals surface area contributed by atoms with Gasteiger partial charge < -0.3 is 10.2 Å². The summed E-state index contributed by atoms with van der Waals surface area (Å²) >= 11 is 0. The van der Waals surface area contributed by atoms with Gasteiger partial charge in [-0.1, -0.05) is 13.8 Å². The highest BCUT2D eigenvalue weighted by Crippen LogP contribution is 2.29. The van der Waals surface area contributed by atoms with Gasteiger partial charge in [-0.25, -0.2) is 0 Å². The Balaban J connectivity index is 2.03. The minimum absolute atomic E-state index is 0.431. The second-order valence-corrected chi connectivity index (χ2v) is 6.41. The molecule has 0 radical (unpaired) electrons. The molecule has 2 heterocycles. The van der Waals surface area contributed by atoms with Crippen molar-refractivity contribution < 1.29 is 0 Å². The Morgan fingerprint density at radius 2 is 2.15 bits per heavy atom. The molecule has 1 aliphatic heterocycles. The van der Waals surface area contributed by atoms with Gasteiger partial charge in [0.1, 0.15) is 0 Å². The molecule has 3 atom stereocenters. The lowest BCUT2D eigenvalue weighted by Gasteiger charge is -2.43. The van der Waals surface area contributed by atoms with Crippen molar-refractivity contribution in [1.82, 2.24) is 15.1 Å². The van der Waals surface area contributed by atoms with E-state index in [9.17, 15) is 0 Å². The third kappa shape index (κ3) is 3.17. The van der Waals surface area contributed by atoms with E-state index >= 15 is 0 Å². The molecule has 0 saturated carbocycles. The Morgan fingerprint density at radius 1 is 1.40 bits per heavy atom. The molecule has 4 nitrogen and oxygen atoms in total. The molecule has 0 aromatic carbocycles. The summed E-state index contributed by atoms with van der Waals surface area (Å²) in [7, 11) is 0. The zero-order valence-electron chi connectivity index (χ0n) is 13.6. The Bertz CT molecular complexity index is 412. The smallest absolute Gasteiger partial charge is 0.0755 e. The summed E-state index contributed by atoms with van der Waals surface area (Å²) in [5, 5.41) is 8.18. The van der Waals surface area contributed by atoms with Gasteiger partial charge in [0.25, 0.3) is 0 Å². The molecule has 1 N–H and O–H groups in total. The maximum atomic E-state index is 4.48. The molecule has 1 saturated heterocycles. The number of aromatic nitrogens is 2. The molecule has 1 fully saturated rings. The predicted molar refractivity (Wildman–Crippen MR) is 85.3 cm³/mol. The van der Waals surface area contributed by atoms with Gasteiger partial charge >= 0.3 is 0 Å². The molecule has 4 heteroatoms. The van der Waals surface area contributed by atoms with E-state index in [1.54, 1.807) is 0 Å². The summed E-state index contributed by atoms with van der Waals surface area (Å²) in [4.78, 5) is 2.51. The lowest BCUT2D eigenvalue weighted by Crippen LogP contribution is -2.53. The fraction of sp³-hybridized carbons (Fsp3) is 0.812. The minimum Gasteiger partial charge on any atom is -0.366 e. The first-order chi connectivity index (χ1) is 9.54. The van der Waals surface area contributed by atoms with Crippen LogP contribution in [0.3, 0.4) is 0 Å². The second kappa shape index (κ2) is 6.61. The Morgan fingerprint density at radius 3 is 2.75 bits per heavy atom. The average Bonchev–Trinajstić information content (AvgIpc) is 2.90. The van der Waals surface area contributed by atoms with Crippen LogP contribution in [-0.4, -0.2) is 35.0 Å². The molecule has 0 spiro atoms. The van der Waals surface area contributed by atoms with Crippen molar-refractivity contribution in [1.29, 1.82) is 0 Å². The molecule has 114 valence electrons.